The van der Waals surface area contributed by atoms with Gasteiger partial charge in [0, 0.05) is 28.7 Å². The zero-order valence-corrected chi connectivity index (χ0v) is 20.6. The van der Waals surface area contributed by atoms with Gasteiger partial charge < -0.3 is 14.8 Å². The summed E-state index contributed by atoms with van der Waals surface area (Å²) < 4.78 is 11.3. The number of thiocarbonyl (C=S) groups is 1. The highest BCUT2D eigenvalue weighted by molar-refractivity contribution is 8.26. The fraction of sp³-hybridized carbons (Fsp3) is 0.261. The van der Waals surface area contributed by atoms with Crippen molar-refractivity contribution < 1.29 is 19.1 Å². The number of carbonyl (C=O) groups is 2. The molecule has 0 atom stereocenters. The van der Waals surface area contributed by atoms with E-state index < -0.39 is 0 Å². The number of carbonyl (C=O) groups excluding carboxylic acids is 2. The van der Waals surface area contributed by atoms with Gasteiger partial charge in [0.25, 0.3) is 5.91 Å². The molecular formula is C23H20Cl2N2O4S2. The normalized spacial score (nSPS) is 16.1. The minimum atomic E-state index is -0.106. The lowest BCUT2D eigenvalue weighted by molar-refractivity contribution is -0.122. The van der Waals surface area contributed by atoms with Crippen molar-refractivity contribution in [3.63, 3.8) is 0 Å². The van der Waals surface area contributed by atoms with E-state index in [1.165, 1.54) is 11.8 Å². The number of unbranched alkanes of at least 4 members (excludes halogenated alkanes) is 2. The molecule has 2 aliphatic heterocycles. The first kappa shape index (κ1) is 23.9. The van der Waals surface area contributed by atoms with Crippen LogP contribution >= 0.6 is 47.2 Å². The molecule has 1 saturated heterocycles. The number of rotatable bonds is 8. The number of ether oxygens (including phenoxy) is 2. The van der Waals surface area contributed by atoms with Crippen LogP contribution in [0.15, 0.2) is 41.3 Å². The van der Waals surface area contributed by atoms with Crippen LogP contribution in [0.25, 0.3) is 6.08 Å². The van der Waals surface area contributed by atoms with Crippen LogP contribution in [-0.4, -0.2) is 34.4 Å². The van der Waals surface area contributed by atoms with Crippen molar-refractivity contribution in [2.24, 2.45) is 0 Å². The lowest BCUT2D eigenvalue weighted by Crippen LogP contribution is -2.29. The van der Waals surface area contributed by atoms with Gasteiger partial charge in [-0.05, 0) is 54.8 Å². The molecule has 172 valence electrons. The van der Waals surface area contributed by atoms with E-state index in [9.17, 15) is 9.59 Å². The van der Waals surface area contributed by atoms with Gasteiger partial charge in [-0.2, -0.15) is 0 Å². The molecular weight excluding hydrogens is 503 g/mol. The highest BCUT2D eigenvalue weighted by atomic mass is 35.5. The summed E-state index contributed by atoms with van der Waals surface area (Å²) in [6.45, 7) is 0.728. The van der Waals surface area contributed by atoms with Crippen molar-refractivity contribution in [3.8, 4) is 11.5 Å². The third-order valence-electron chi connectivity index (χ3n) is 5.00. The van der Waals surface area contributed by atoms with Gasteiger partial charge >= 0.3 is 0 Å². The van der Waals surface area contributed by atoms with E-state index in [1.807, 2.05) is 24.3 Å². The lowest BCUT2D eigenvalue weighted by Gasteiger charge is -2.14. The molecule has 0 aliphatic carbocycles. The second-order valence-electron chi connectivity index (χ2n) is 7.46. The summed E-state index contributed by atoms with van der Waals surface area (Å²) in [5.74, 6) is 1.16. The third-order valence-corrected chi connectivity index (χ3v) is 6.81. The molecule has 2 aromatic carbocycles. The molecule has 0 radical (unpaired) electrons. The van der Waals surface area contributed by atoms with Crippen LogP contribution in [0.5, 0.6) is 11.5 Å². The number of halogens is 2. The quantitative estimate of drug-likeness (QED) is 0.255. The largest absolute Gasteiger partial charge is 0.454 e. The topological polar surface area (TPSA) is 67.9 Å². The zero-order chi connectivity index (χ0) is 23.4. The number of hydrogen-bond donors (Lipinski definition) is 1. The van der Waals surface area contributed by atoms with Crippen LogP contribution in [0.2, 0.25) is 10.0 Å². The van der Waals surface area contributed by atoms with Crippen LogP contribution in [0.3, 0.4) is 0 Å². The van der Waals surface area contributed by atoms with E-state index in [2.05, 4.69) is 5.32 Å². The van der Waals surface area contributed by atoms with E-state index in [1.54, 1.807) is 23.1 Å². The van der Waals surface area contributed by atoms with Crippen LogP contribution in [-0.2, 0) is 9.59 Å². The fourth-order valence-electron chi connectivity index (χ4n) is 3.43. The van der Waals surface area contributed by atoms with E-state index in [0.717, 1.165) is 18.4 Å². The van der Waals surface area contributed by atoms with Crippen LogP contribution in [0.1, 0.15) is 31.2 Å². The van der Waals surface area contributed by atoms with Crippen molar-refractivity contribution in [1.29, 1.82) is 0 Å². The number of fused-ring (bicyclic) bond motifs is 1. The van der Waals surface area contributed by atoms with Crippen molar-refractivity contribution in [2.45, 2.75) is 25.7 Å². The van der Waals surface area contributed by atoms with Crippen molar-refractivity contribution in [3.05, 3.63) is 56.9 Å². The van der Waals surface area contributed by atoms with Gasteiger partial charge in [0.1, 0.15) is 4.32 Å². The van der Waals surface area contributed by atoms with E-state index in [-0.39, 0.29) is 18.6 Å². The first-order chi connectivity index (χ1) is 15.9. The Morgan fingerprint density at radius 3 is 2.64 bits per heavy atom. The SMILES string of the molecule is O=C(CCCCCN1C(=O)/C(=C/c2ccc3c(c2)OCO3)SC1=S)Nc1cc(Cl)cc(Cl)c1. The molecule has 2 aromatic rings. The molecule has 1 fully saturated rings. The molecule has 0 saturated carbocycles. The highest BCUT2D eigenvalue weighted by Gasteiger charge is 2.31. The molecule has 2 heterocycles. The number of hydrogen-bond acceptors (Lipinski definition) is 6. The molecule has 0 spiro atoms. The zero-order valence-electron chi connectivity index (χ0n) is 17.4. The molecule has 10 heteroatoms. The maximum absolute atomic E-state index is 12.8. The monoisotopic (exact) mass is 522 g/mol. The average molecular weight is 523 g/mol. The molecule has 2 aliphatic rings. The van der Waals surface area contributed by atoms with Gasteiger partial charge in [0.15, 0.2) is 11.5 Å². The number of amides is 2. The Morgan fingerprint density at radius 2 is 1.85 bits per heavy atom. The highest BCUT2D eigenvalue weighted by Crippen LogP contribution is 2.36. The fourth-order valence-corrected chi connectivity index (χ4v) is 5.26. The Hall–Kier alpha value is -2.26. The Labute approximate surface area is 211 Å². The summed E-state index contributed by atoms with van der Waals surface area (Å²) in [6.07, 6.45) is 4.42. The summed E-state index contributed by atoms with van der Waals surface area (Å²) in [7, 11) is 0. The molecule has 2 amide bonds. The minimum absolute atomic E-state index is 0.0988. The smallest absolute Gasteiger partial charge is 0.266 e. The number of benzene rings is 2. The van der Waals surface area contributed by atoms with Gasteiger partial charge in [0.2, 0.25) is 12.7 Å². The van der Waals surface area contributed by atoms with Gasteiger partial charge in [-0.25, -0.2) is 0 Å². The van der Waals surface area contributed by atoms with Gasteiger partial charge in [-0.1, -0.05) is 59.7 Å². The van der Waals surface area contributed by atoms with Gasteiger partial charge in [-0.15, -0.1) is 0 Å². The number of anilines is 1. The maximum Gasteiger partial charge on any atom is 0.266 e. The predicted molar refractivity (Wildman–Crippen MR) is 136 cm³/mol. The van der Waals surface area contributed by atoms with Crippen LogP contribution < -0.4 is 14.8 Å². The van der Waals surface area contributed by atoms with Crippen LogP contribution in [0, 0.1) is 0 Å². The van der Waals surface area contributed by atoms with Gasteiger partial charge in [-0.3, -0.25) is 14.5 Å². The Balaban J connectivity index is 1.22. The molecule has 6 nitrogen and oxygen atoms in total. The maximum atomic E-state index is 12.8. The summed E-state index contributed by atoms with van der Waals surface area (Å²) in [4.78, 5) is 27.1. The second kappa shape index (κ2) is 10.8. The Morgan fingerprint density at radius 1 is 1.09 bits per heavy atom. The van der Waals surface area contributed by atoms with Crippen molar-refractivity contribution >= 4 is 75.1 Å². The summed E-state index contributed by atoms with van der Waals surface area (Å²) in [5, 5.41) is 3.73. The Kier molecular flexibility index (Phi) is 7.80. The van der Waals surface area contributed by atoms with E-state index in [4.69, 9.17) is 44.9 Å². The Bertz CT molecular complexity index is 1120. The minimum Gasteiger partial charge on any atom is -0.454 e. The number of nitrogens with one attached hydrogen (secondary N) is 1. The number of nitrogens with zero attached hydrogens (tertiary/aromatic N) is 1. The standard InChI is InChI=1S/C23H20Cl2N2O4S2/c24-15-10-16(25)12-17(11-15)26-21(28)4-2-1-3-7-27-22(29)20(33-23(27)32)9-14-5-6-18-19(8-14)31-13-30-18/h5-6,8-12H,1-4,7,13H2,(H,26,28)/b20-9-. The summed E-state index contributed by atoms with van der Waals surface area (Å²) >= 11 is 18.6. The summed E-state index contributed by atoms with van der Waals surface area (Å²) in [5.41, 5.74) is 1.43. The third kappa shape index (κ3) is 6.20. The first-order valence-corrected chi connectivity index (χ1v) is 12.3. The summed E-state index contributed by atoms with van der Waals surface area (Å²) in [6, 6.07) is 10.5. The molecule has 4 rings (SSSR count). The van der Waals surface area contributed by atoms with Gasteiger partial charge in [0.05, 0.1) is 4.91 Å². The molecule has 1 N–H and O–H groups in total. The average Bonchev–Trinajstić information content (AvgIpc) is 3.32. The lowest BCUT2D eigenvalue weighted by atomic mass is 10.1. The second-order valence-corrected chi connectivity index (χ2v) is 10.0. The van der Waals surface area contributed by atoms with E-state index in [0.29, 0.717) is 55.8 Å². The van der Waals surface area contributed by atoms with Crippen molar-refractivity contribution in [2.75, 3.05) is 18.7 Å². The number of thioether (sulfide) groups is 1. The molecule has 0 aromatic heterocycles. The predicted octanol–water partition coefficient (Wildman–Crippen LogP) is 6.12. The molecule has 0 unspecified atom stereocenters. The van der Waals surface area contributed by atoms with Crippen molar-refractivity contribution in [1.82, 2.24) is 4.90 Å². The first-order valence-electron chi connectivity index (χ1n) is 10.3. The van der Waals surface area contributed by atoms with Crippen LogP contribution in [0.4, 0.5) is 5.69 Å². The van der Waals surface area contributed by atoms with E-state index >= 15 is 0 Å². The molecule has 33 heavy (non-hydrogen) atoms. The molecule has 0 bridgehead atoms.